The van der Waals surface area contributed by atoms with Crippen LogP contribution in [-0.4, -0.2) is 43.9 Å². The van der Waals surface area contributed by atoms with Gasteiger partial charge in [0.05, 0.1) is 27.7 Å². The van der Waals surface area contributed by atoms with Crippen LogP contribution in [0.25, 0.3) is 0 Å². The Morgan fingerprint density at radius 3 is 1.79 bits per heavy atom. The van der Waals surface area contributed by atoms with Crippen molar-refractivity contribution in [3.05, 3.63) is 30.3 Å². The van der Waals surface area contributed by atoms with Crippen molar-refractivity contribution < 1.29 is 14.7 Å². The Bertz CT molecular complexity index is 229. The first kappa shape index (κ1) is 12.9. The molecule has 3 nitrogen and oxygen atoms in total. The molecule has 0 bridgehead atoms. The van der Waals surface area contributed by atoms with E-state index >= 15 is 0 Å². The van der Waals surface area contributed by atoms with Crippen LogP contribution in [0.15, 0.2) is 30.3 Å². The Labute approximate surface area is 85.8 Å². The van der Waals surface area contributed by atoms with Crippen molar-refractivity contribution >= 4 is 0 Å². The van der Waals surface area contributed by atoms with Gasteiger partial charge in [0, 0.05) is 0 Å². The van der Waals surface area contributed by atoms with Crippen LogP contribution in [-0.2, 0) is 0 Å². The predicted molar refractivity (Wildman–Crippen MR) is 55.9 cm³/mol. The lowest BCUT2D eigenvalue weighted by Gasteiger charge is -2.21. The van der Waals surface area contributed by atoms with E-state index in [4.69, 9.17) is 5.11 Å². The average molecular weight is 197 g/mol. The van der Waals surface area contributed by atoms with Gasteiger partial charge in [0.15, 0.2) is 0 Å². The second kappa shape index (κ2) is 6.40. The van der Waals surface area contributed by atoms with Gasteiger partial charge in [-0.2, -0.15) is 0 Å². The minimum atomic E-state index is 0.0718. The fourth-order valence-electron chi connectivity index (χ4n) is 0.720. The Kier molecular flexibility index (Phi) is 5.92. The summed E-state index contributed by atoms with van der Waals surface area (Å²) in [5.74, 6) is 0.0718. The van der Waals surface area contributed by atoms with E-state index in [1.807, 2.05) is 6.07 Å². The molecule has 0 spiro atoms. The molecule has 0 amide bonds. The summed E-state index contributed by atoms with van der Waals surface area (Å²) in [6.07, 6.45) is 0. The molecule has 0 saturated carbocycles. The number of para-hydroxylation sites is 1. The van der Waals surface area contributed by atoms with E-state index in [2.05, 4.69) is 21.1 Å². The third-order valence-electron chi connectivity index (χ3n) is 1.51. The molecule has 1 aromatic carbocycles. The molecule has 14 heavy (non-hydrogen) atoms. The van der Waals surface area contributed by atoms with Gasteiger partial charge in [-0.05, 0) is 0 Å². The lowest BCUT2D eigenvalue weighted by atomic mass is 10.3. The average Bonchev–Trinajstić information content (AvgIpc) is 2.04. The molecule has 0 aliphatic heterocycles. The third kappa shape index (κ3) is 9.03. The summed E-state index contributed by atoms with van der Waals surface area (Å²) in [4.78, 5) is 0. The van der Waals surface area contributed by atoms with Gasteiger partial charge in [0.1, 0.15) is 6.54 Å². The first-order valence-electron chi connectivity index (χ1n) is 4.59. The smallest absolute Gasteiger partial charge is 0.101 e. The Morgan fingerprint density at radius 2 is 1.64 bits per heavy atom. The minimum absolute atomic E-state index is 0.0718. The van der Waals surface area contributed by atoms with E-state index in [0.29, 0.717) is 0 Å². The van der Waals surface area contributed by atoms with Crippen molar-refractivity contribution in [1.82, 2.24) is 0 Å². The van der Waals surface area contributed by atoms with Crippen LogP contribution in [0.1, 0.15) is 0 Å². The van der Waals surface area contributed by atoms with Crippen molar-refractivity contribution in [1.29, 1.82) is 0 Å². The zero-order valence-electron chi connectivity index (χ0n) is 9.10. The van der Waals surface area contributed by atoms with Gasteiger partial charge in [-0.15, -0.1) is 5.75 Å². The molecule has 80 valence electrons. The summed E-state index contributed by atoms with van der Waals surface area (Å²) >= 11 is 0. The monoisotopic (exact) mass is 197 g/mol. The molecule has 0 aliphatic rings. The number of aliphatic hydroxyl groups excluding tert-OH is 1. The number of quaternary nitrogens is 1. The molecular weight excluding hydrogens is 178 g/mol. The van der Waals surface area contributed by atoms with Gasteiger partial charge in [-0.3, -0.25) is 0 Å². The van der Waals surface area contributed by atoms with Gasteiger partial charge < -0.3 is 14.7 Å². The number of rotatable bonds is 2. The molecule has 1 rings (SSSR count). The highest BCUT2D eigenvalue weighted by molar-refractivity contribution is 5.17. The molecule has 0 aromatic heterocycles. The van der Waals surface area contributed by atoms with Crippen LogP contribution in [0.3, 0.4) is 0 Å². The maximum atomic E-state index is 10.3. The number of benzene rings is 1. The molecule has 0 radical (unpaired) electrons. The van der Waals surface area contributed by atoms with E-state index in [9.17, 15) is 5.11 Å². The molecular formula is C11H19NO2. The fourth-order valence-corrected chi connectivity index (χ4v) is 0.720. The van der Waals surface area contributed by atoms with Crippen LogP contribution in [0.4, 0.5) is 0 Å². The van der Waals surface area contributed by atoms with Crippen molar-refractivity contribution in [2.75, 3.05) is 34.3 Å². The van der Waals surface area contributed by atoms with Crippen LogP contribution in [0.2, 0.25) is 0 Å². The summed E-state index contributed by atoms with van der Waals surface area (Å²) in [5, 5.41) is 18.7. The van der Waals surface area contributed by atoms with Gasteiger partial charge >= 0.3 is 0 Å². The van der Waals surface area contributed by atoms with Gasteiger partial charge in [0.25, 0.3) is 0 Å². The summed E-state index contributed by atoms with van der Waals surface area (Å²) in [7, 11) is 6.16. The SMILES string of the molecule is C[N+](C)(C)CCO.[O-]c1ccccc1. The summed E-state index contributed by atoms with van der Waals surface area (Å²) < 4.78 is 0.844. The molecule has 1 aromatic rings. The summed E-state index contributed by atoms with van der Waals surface area (Å²) in [6, 6.07) is 8.33. The van der Waals surface area contributed by atoms with E-state index in [-0.39, 0.29) is 12.4 Å². The quantitative estimate of drug-likeness (QED) is 0.699. The fraction of sp³-hybridized carbons (Fsp3) is 0.455. The van der Waals surface area contributed by atoms with Gasteiger partial charge in [0.2, 0.25) is 0 Å². The Balaban J connectivity index is 0.000000241. The first-order valence-corrected chi connectivity index (χ1v) is 4.59. The Hall–Kier alpha value is -1.06. The third-order valence-corrected chi connectivity index (χ3v) is 1.51. The van der Waals surface area contributed by atoms with Crippen molar-refractivity contribution in [3.8, 4) is 5.75 Å². The van der Waals surface area contributed by atoms with Gasteiger partial charge in [-0.25, -0.2) is 0 Å². The standard InChI is InChI=1S/C6H6O.C5H14NO/c7-6-4-2-1-3-5-6;1-6(2,3)4-5-7/h1-5,7H;7H,4-5H2,1-3H3/q;+1/p-1. The molecule has 0 fully saturated rings. The number of hydrogen-bond donors (Lipinski definition) is 1. The highest BCUT2D eigenvalue weighted by Gasteiger charge is 2.02. The first-order chi connectivity index (χ1) is 6.45. The lowest BCUT2D eigenvalue weighted by molar-refractivity contribution is -0.870. The Morgan fingerprint density at radius 1 is 1.14 bits per heavy atom. The minimum Gasteiger partial charge on any atom is -0.872 e. The van der Waals surface area contributed by atoms with E-state index < -0.39 is 0 Å². The van der Waals surface area contributed by atoms with Crippen molar-refractivity contribution in [3.63, 3.8) is 0 Å². The van der Waals surface area contributed by atoms with Gasteiger partial charge in [-0.1, -0.05) is 30.3 Å². The zero-order chi connectivity index (χ0) is 11.0. The largest absolute Gasteiger partial charge is 0.872 e. The van der Waals surface area contributed by atoms with E-state index in [0.717, 1.165) is 11.0 Å². The van der Waals surface area contributed by atoms with Crippen LogP contribution >= 0.6 is 0 Å². The molecule has 0 aliphatic carbocycles. The second-order valence-electron chi connectivity index (χ2n) is 4.05. The number of aliphatic hydroxyl groups is 1. The number of hydrogen-bond acceptors (Lipinski definition) is 2. The van der Waals surface area contributed by atoms with Crippen LogP contribution in [0, 0.1) is 0 Å². The van der Waals surface area contributed by atoms with E-state index in [1.54, 1.807) is 12.1 Å². The second-order valence-corrected chi connectivity index (χ2v) is 4.05. The summed E-state index contributed by atoms with van der Waals surface area (Å²) in [5.41, 5.74) is 0. The topological polar surface area (TPSA) is 43.3 Å². The molecule has 0 heterocycles. The molecule has 1 N–H and O–H groups in total. The zero-order valence-corrected chi connectivity index (χ0v) is 9.10. The molecule has 0 saturated heterocycles. The highest BCUT2D eigenvalue weighted by Crippen LogP contribution is 1.98. The lowest BCUT2D eigenvalue weighted by Crippen LogP contribution is -2.36. The van der Waals surface area contributed by atoms with E-state index in [1.165, 1.54) is 12.1 Å². The van der Waals surface area contributed by atoms with Crippen molar-refractivity contribution in [2.45, 2.75) is 0 Å². The molecule has 0 atom stereocenters. The number of likely N-dealkylation sites (N-methyl/N-ethyl adjacent to an activating group) is 1. The number of nitrogens with zero attached hydrogens (tertiary/aromatic N) is 1. The van der Waals surface area contributed by atoms with Crippen molar-refractivity contribution in [2.24, 2.45) is 0 Å². The van der Waals surface area contributed by atoms with Crippen LogP contribution < -0.4 is 5.11 Å². The highest BCUT2D eigenvalue weighted by atomic mass is 16.3. The maximum Gasteiger partial charge on any atom is 0.101 e. The summed E-state index contributed by atoms with van der Waals surface area (Å²) in [6.45, 7) is 1.11. The molecule has 0 unspecified atom stereocenters. The predicted octanol–water partition coefficient (Wildman–Crippen LogP) is 0.445. The molecule has 3 heteroatoms. The normalized spacial score (nSPS) is 10.3. The van der Waals surface area contributed by atoms with Crippen LogP contribution in [0.5, 0.6) is 5.75 Å². The maximum absolute atomic E-state index is 10.3.